The molecule has 0 aliphatic rings. The summed E-state index contributed by atoms with van der Waals surface area (Å²) in [6, 6.07) is 74.0. The summed E-state index contributed by atoms with van der Waals surface area (Å²) in [6.07, 6.45) is 0. The number of fused-ring (bicyclic) bond motifs is 7. The lowest BCUT2D eigenvalue weighted by atomic mass is 9.98. The van der Waals surface area contributed by atoms with E-state index in [2.05, 4.69) is 204 Å². The number of benzene rings is 9. The molecule has 0 radical (unpaired) electrons. The summed E-state index contributed by atoms with van der Waals surface area (Å²) in [4.78, 5) is 2.37. The summed E-state index contributed by atoms with van der Waals surface area (Å²) in [5.41, 5.74) is 13.2. The number of hydrogen-bond acceptors (Lipinski definition) is 2. The van der Waals surface area contributed by atoms with Gasteiger partial charge in [0.15, 0.2) is 0 Å². The van der Waals surface area contributed by atoms with Crippen molar-refractivity contribution in [3.8, 4) is 27.9 Å². The number of nitrogens with zero attached hydrogens (tertiary/aromatic N) is 2. The molecule has 3 heteroatoms. The molecule has 0 aliphatic carbocycles. The van der Waals surface area contributed by atoms with Gasteiger partial charge in [0, 0.05) is 44.3 Å². The molecule has 0 amide bonds. The van der Waals surface area contributed by atoms with Gasteiger partial charge in [-0.25, -0.2) is 0 Å². The molecule has 0 bridgehead atoms. The number of hydrogen-bond donors (Lipinski definition) is 0. The average Bonchev–Trinajstić information content (AvgIpc) is 3.80. The van der Waals surface area contributed by atoms with Gasteiger partial charge in [-0.1, -0.05) is 133 Å². The van der Waals surface area contributed by atoms with Gasteiger partial charge < -0.3 is 13.9 Å². The van der Waals surface area contributed by atoms with Gasteiger partial charge in [0.25, 0.3) is 0 Å². The Kier molecular flexibility index (Phi) is 7.17. The Balaban J connectivity index is 1.08. The maximum absolute atomic E-state index is 6.30. The molecule has 258 valence electrons. The molecule has 0 spiro atoms. The predicted octanol–water partition coefficient (Wildman–Crippen LogP) is 14.6. The maximum Gasteiger partial charge on any atom is 0.136 e. The topological polar surface area (TPSA) is 21.3 Å². The number of aromatic nitrogens is 1. The van der Waals surface area contributed by atoms with Crippen molar-refractivity contribution in [3.63, 3.8) is 0 Å². The highest BCUT2D eigenvalue weighted by molar-refractivity contribution is 6.13. The van der Waals surface area contributed by atoms with Gasteiger partial charge in [0.1, 0.15) is 11.2 Å². The summed E-state index contributed by atoms with van der Waals surface area (Å²) < 4.78 is 8.68. The van der Waals surface area contributed by atoms with E-state index in [1.165, 1.54) is 43.7 Å². The molecule has 0 saturated heterocycles. The Morgan fingerprint density at radius 2 is 0.982 bits per heavy atom. The van der Waals surface area contributed by atoms with Crippen LogP contribution in [0.15, 0.2) is 211 Å². The van der Waals surface area contributed by atoms with E-state index in [-0.39, 0.29) is 0 Å². The van der Waals surface area contributed by atoms with Crippen LogP contribution in [-0.4, -0.2) is 4.57 Å². The zero-order chi connectivity index (χ0) is 36.3. The van der Waals surface area contributed by atoms with Gasteiger partial charge in [-0.2, -0.15) is 0 Å². The summed E-state index contributed by atoms with van der Waals surface area (Å²) >= 11 is 0. The lowest BCUT2D eigenvalue weighted by Crippen LogP contribution is -2.10. The summed E-state index contributed by atoms with van der Waals surface area (Å²) in [6.45, 7) is 0. The zero-order valence-corrected chi connectivity index (χ0v) is 29.9. The van der Waals surface area contributed by atoms with E-state index in [0.717, 1.165) is 55.8 Å². The molecule has 0 saturated carbocycles. The van der Waals surface area contributed by atoms with Crippen LogP contribution in [0.1, 0.15) is 0 Å². The van der Waals surface area contributed by atoms with Gasteiger partial charge in [0.05, 0.1) is 11.0 Å². The molecule has 2 aromatic heterocycles. The molecular weight excluding hydrogens is 669 g/mol. The number of furan rings is 1. The molecule has 11 aromatic rings. The van der Waals surface area contributed by atoms with Gasteiger partial charge in [0.2, 0.25) is 0 Å². The van der Waals surface area contributed by atoms with Gasteiger partial charge in [-0.05, 0) is 106 Å². The van der Waals surface area contributed by atoms with Crippen LogP contribution in [0.4, 0.5) is 17.1 Å². The number of rotatable bonds is 6. The monoisotopic (exact) mass is 702 g/mol. The first-order valence-electron chi connectivity index (χ1n) is 18.8. The van der Waals surface area contributed by atoms with Gasteiger partial charge in [-0.3, -0.25) is 0 Å². The SMILES string of the molecule is c1cc(-c2cccc3oc4ccccc4c23)cc(N(c2ccc(-c3ccc4ccccc4c3)cc2)c2cccc(-n3c4ccccc4c4ccccc43)c2)c1. The first-order valence-corrected chi connectivity index (χ1v) is 18.8. The lowest BCUT2D eigenvalue weighted by molar-refractivity contribution is 0.669. The summed E-state index contributed by atoms with van der Waals surface area (Å²) in [7, 11) is 0. The fourth-order valence-electron chi connectivity index (χ4n) is 8.42. The molecule has 9 aromatic carbocycles. The van der Waals surface area contributed by atoms with Crippen molar-refractivity contribution in [1.82, 2.24) is 4.57 Å². The lowest BCUT2D eigenvalue weighted by Gasteiger charge is -2.27. The van der Waals surface area contributed by atoms with E-state index in [1.54, 1.807) is 0 Å². The third kappa shape index (κ3) is 5.20. The van der Waals surface area contributed by atoms with Crippen LogP contribution in [0.2, 0.25) is 0 Å². The van der Waals surface area contributed by atoms with Crippen LogP contribution >= 0.6 is 0 Å². The fraction of sp³-hybridized carbons (Fsp3) is 0. The fourth-order valence-corrected chi connectivity index (χ4v) is 8.42. The van der Waals surface area contributed by atoms with E-state index in [4.69, 9.17) is 4.42 Å². The maximum atomic E-state index is 6.30. The van der Waals surface area contributed by atoms with E-state index in [1.807, 2.05) is 12.1 Å². The molecule has 0 fully saturated rings. The third-order valence-corrected chi connectivity index (χ3v) is 11.0. The molecule has 0 atom stereocenters. The van der Waals surface area contributed by atoms with E-state index in [9.17, 15) is 0 Å². The van der Waals surface area contributed by atoms with Crippen molar-refractivity contribution in [1.29, 1.82) is 0 Å². The second kappa shape index (κ2) is 12.6. The second-order valence-corrected chi connectivity index (χ2v) is 14.2. The highest BCUT2D eigenvalue weighted by atomic mass is 16.3. The van der Waals surface area contributed by atoms with E-state index >= 15 is 0 Å². The van der Waals surface area contributed by atoms with Crippen molar-refractivity contribution in [2.75, 3.05) is 4.90 Å². The highest BCUT2D eigenvalue weighted by Crippen LogP contribution is 2.42. The second-order valence-electron chi connectivity index (χ2n) is 14.2. The highest BCUT2D eigenvalue weighted by Gasteiger charge is 2.18. The molecule has 2 heterocycles. The van der Waals surface area contributed by atoms with Crippen molar-refractivity contribution < 1.29 is 4.42 Å². The van der Waals surface area contributed by atoms with E-state index in [0.29, 0.717) is 0 Å². The Morgan fingerprint density at radius 3 is 1.78 bits per heavy atom. The third-order valence-electron chi connectivity index (χ3n) is 11.0. The van der Waals surface area contributed by atoms with Crippen LogP contribution in [0.5, 0.6) is 0 Å². The molecule has 0 aliphatic heterocycles. The summed E-state index contributed by atoms with van der Waals surface area (Å²) in [5.74, 6) is 0. The van der Waals surface area contributed by atoms with Crippen LogP contribution in [0.3, 0.4) is 0 Å². The van der Waals surface area contributed by atoms with Crippen molar-refractivity contribution in [2.24, 2.45) is 0 Å². The minimum atomic E-state index is 0.893. The van der Waals surface area contributed by atoms with Gasteiger partial charge in [-0.15, -0.1) is 0 Å². The molecular formula is C52H34N2O. The van der Waals surface area contributed by atoms with Crippen molar-refractivity contribution >= 4 is 71.6 Å². The van der Waals surface area contributed by atoms with Crippen LogP contribution in [-0.2, 0) is 0 Å². The van der Waals surface area contributed by atoms with Crippen LogP contribution < -0.4 is 4.90 Å². The zero-order valence-electron chi connectivity index (χ0n) is 29.9. The Hall–Kier alpha value is -7.36. The van der Waals surface area contributed by atoms with Crippen molar-refractivity contribution in [2.45, 2.75) is 0 Å². The average molecular weight is 703 g/mol. The van der Waals surface area contributed by atoms with E-state index < -0.39 is 0 Å². The minimum absolute atomic E-state index is 0.893. The number of para-hydroxylation sites is 3. The molecule has 0 unspecified atom stereocenters. The van der Waals surface area contributed by atoms with Crippen molar-refractivity contribution in [3.05, 3.63) is 206 Å². The Bertz CT molecular complexity index is 3170. The largest absolute Gasteiger partial charge is 0.456 e. The molecule has 3 nitrogen and oxygen atoms in total. The van der Waals surface area contributed by atoms with Crippen LogP contribution in [0, 0.1) is 0 Å². The first kappa shape index (κ1) is 31.2. The summed E-state index contributed by atoms with van der Waals surface area (Å²) in [5, 5.41) is 7.24. The molecule has 11 rings (SSSR count). The Morgan fingerprint density at radius 1 is 0.364 bits per heavy atom. The minimum Gasteiger partial charge on any atom is -0.456 e. The smallest absolute Gasteiger partial charge is 0.136 e. The molecule has 55 heavy (non-hydrogen) atoms. The first-order chi connectivity index (χ1) is 27.3. The number of anilines is 3. The Labute approximate surface area is 318 Å². The van der Waals surface area contributed by atoms with Crippen LogP contribution in [0.25, 0.3) is 82.5 Å². The standard InChI is InChI=1S/C52H34N2O/c1-2-13-37-32-38(27-26-35(37)12-1)36-28-30-40(31-29-36)53(41-15-9-14-39(33-41)44-21-11-25-51-52(44)47-20-5-8-24-50(47)55-51)42-16-10-17-43(34-42)54-48-22-6-3-18-45(48)46-19-4-7-23-49(46)54/h1-34H. The normalized spacial score (nSPS) is 11.6. The van der Waals surface area contributed by atoms with Gasteiger partial charge >= 0.3 is 0 Å². The quantitative estimate of drug-likeness (QED) is 0.172. The predicted molar refractivity (Wildman–Crippen MR) is 231 cm³/mol. The molecule has 0 N–H and O–H groups in total.